The molecule has 128 valence electrons. The molecule has 1 aromatic carbocycles. The first kappa shape index (κ1) is 17.0. The fraction of sp³-hybridized carbons (Fsp3) is 0. The van der Waals surface area contributed by atoms with Crippen molar-refractivity contribution < 1.29 is 9.21 Å². The molecule has 0 spiro atoms. The van der Waals surface area contributed by atoms with E-state index in [2.05, 4.69) is 28.2 Å². The van der Waals surface area contributed by atoms with Gasteiger partial charge >= 0.3 is 0 Å². The Labute approximate surface area is 164 Å². The number of thiocarbonyl (C=S) groups is 1. The molecule has 2 aromatic heterocycles. The second kappa shape index (κ2) is 7.08. The van der Waals surface area contributed by atoms with Crippen LogP contribution in [-0.2, 0) is 4.79 Å². The van der Waals surface area contributed by atoms with E-state index in [4.69, 9.17) is 21.9 Å². The molecule has 1 aliphatic heterocycles. The number of nitrogens with one attached hydrogen (secondary N) is 1. The maximum atomic E-state index is 11.8. The normalized spacial score (nSPS) is 14.7. The van der Waals surface area contributed by atoms with Gasteiger partial charge < -0.3 is 9.73 Å². The zero-order valence-electron chi connectivity index (χ0n) is 13.6. The van der Waals surface area contributed by atoms with E-state index in [1.165, 1.54) is 11.8 Å². The maximum Gasteiger partial charge on any atom is 0.263 e. The average molecular weight is 387 g/mol. The molecule has 0 bridgehead atoms. The number of hydrogen-bond acceptors (Lipinski definition) is 6. The predicted molar refractivity (Wildman–Crippen MR) is 107 cm³/mol. The lowest BCUT2D eigenvalue weighted by Crippen LogP contribution is -2.17. The van der Waals surface area contributed by atoms with E-state index in [1.54, 1.807) is 48.8 Å². The first-order valence-electron chi connectivity index (χ1n) is 7.77. The summed E-state index contributed by atoms with van der Waals surface area (Å²) in [6.45, 7) is 0. The molecular weight excluding hydrogens is 378 g/mol. The van der Waals surface area contributed by atoms with Gasteiger partial charge in [-0.1, -0.05) is 35.8 Å². The van der Waals surface area contributed by atoms with E-state index in [0.717, 1.165) is 10.9 Å². The minimum Gasteiger partial charge on any atom is -0.455 e. The van der Waals surface area contributed by atoms with Crippen molar-refractivity contribution in [3.8, 4) is 17.9 Å². The van der Waals surface area contributed by atoms with Crippen molar-refractivity contribution in [3.63, 3.8) is 0 Å². The molecule has 0 aliphatic carbocycles. The largest absolute Gasteiger partial charge is 0.455 e. The zero-order valence-corrected chi connectivity index (χ0v) is 15.3. The smallest absolute Gasteiger partial charge is 0.263 e. The van der Waals surface area contributed by atoms with Crippen LogP contribution in [-0.4, -0.2) is 15.2 Å². The van der Waals surface area contributed by atoms with Crippen LogP contribution >= 0.6 is 24.0 Å². The lowest BCUT2D eigenvalue weighted by molar-refractivity contribution is -0.115. The third-order valence-electron chi connectivity index (χ3n) is 3.71. The first-order valence-corrected chi connectivity index (χ1v) is 8.99. The van der Waals surface area contributed by atoms with E-state index in [-0.39, 0.29) is 5.91 Å². The van der Waals surface area contributed by atoms with Crippen molar-refractivity contribution in [2.24, 2.45) is 0 Å². The van der Waals surface area contributed by atoms with Crippen LogP contribution < -0.4 is 5.32 Å². The molecule has 3 heterocycles. The summed E-state index contributed by atoms with van der Waals surface area (Å²) in [5, 5.41) is 12.2. The van der Waals surface area contributed by atoms with Crippen molar-refractivity contribution >= 4 is 51.3 Å². The molecule has 1 aliphatic rings. The number of amides is 1. The topological polar surface area (TPSA) is 78.9 Å². The van der Waals surface area contributed by atoms with Gasteiger partial charge in [0.05, 0.1) is 22.1 Å². The Morgan fingerprint density at radius 3 is 2.67 bits per heavy atom. The van der Waals surface area contributed by atoms with Gasteiger partial charge in [0.25, 0.3) is 5.91 Å². The summed E-state index contributed by atoms with van der Waals surface area (Å²) in [6.07, 6.45) is 4.96. The van der Waals surface area contributed by atoms with E-state index >= 15 is 0 Å². The number of carbonyl (C=O) groups is 1. The standard InChI is InChI=1S/C20H9N3O2S2/c21-9-13-3-1-12(2-4-13)5-6-14-10-22-11-15-7-16(25-18(14)15)8-17-19(24)23-20(26)27-17/h1-4,7-8,10-11H,(H,23,24,26). The molecule has 1 fully saturated rings. The van der Waals surface area contributed by atoms with E-state index in [1.807, 2.05) is 0 Å². The molecule has 3 aromatic rings. The zero-order chi connectivity index (χ0) is 18.8. The Balaban J connectivity index is 1.69. The van der Waals surface area contributed by atoms with Gasteiger partial charge in [-0.05, 0) is 30.3 Å². The summed E-state index contributed by atoms with van der Waals surface area (Å²) >= 11 is 6.18. The summed E-state index contributed by atoms with van der Waals surface area (Å²) in [7, 11) is 0. The Kier molecular flexibility index (Phi) is 4.47. The van der Waals surface area contributed by atoms with E-state index < -0.39 is 0 Å². The number of thioether (sulfide) groups is 1. The third kappa shape index (κ3) is 3.61. The molecule has 0 unspecified atom stereocenters. The molecule has 5 nitrogen and oxygen atoms in total. The van der Waals surface area contributed by atoms with Crippen LogP contribution in [0.15, 0.2) is 52.0 Å². The van der Waals surface area contributed by atoms with Crippen LogP contribution in [0.5, 0.6) is 0 Å². The Bertz CT molecular complexity index is 1220. The van der Waals surface area contributed by atoms with Crippen LogP contribution in [0.3, 0.4) is 0 Å². The van der Waals surface area contributed by atoms with Gasteiger partial charge in [-0.3, -0.25) is 9.78 Å². The Morgan fingerprint density at radius 1 is 1.19 bits per heavy atom. The highest BCUT2D eigenvalue weighted by Gasteiger charge is 2.22. The van der Waals surface area contributed by atoms with Gasteiger partial charge in [0.1, 0.15) is 10.1 Å². The lowest BCUT2D eigenvalue weighted by Gasteiger charge is -1.93. The summed E-state index contributed by atoms with van der Waals surface area (Å²) in [5.41, 5.74) is 2.61. The number of fused-ring (bicyclic) bond motifs is 1. The van der Waals surface area contributed by atoms with Gasteiger partial charge in [0, 0.05) is 29.4 Å². The van der Waals surface area contributed by atoms with Crippen LogP contribution in [0, 0.1) is 23.2 Å². The quantitative estimate of drug-likeness (QED) is 0.391. The van der Waals surface area contributed by atoms with Crippen LogP contribution in [0.2, 0.25) is 0 Å². The van der Waals surface area contributed by atoms with Gasteiger partial charge in [-0.15, -0.1) is 0 Å². The minimum absolute atomic E-state index is 0.232. The third-order valence-corrected chi connectivity index (χ3v) is 4.88. The molecule has 0 saturated carbocycles. The Morgan fingerprint density at radius 2 is 1.96 bits per heavy atom. The number of hydrogen-bond donors (Lipinski definition) is 1. The number of benzene rings is 1. The molecule has 1 saturated heterocycles. The second-order valence-electron chi connectivity index (χ2n) is 5.55. The van der Waals surface area contributed by atoms with Gasteiger partial charge in [0.15, 0.2) is 5.58 Å². The number of furan rings is 1. The number of pyridine rings is 1. The van der Waals surface area contributed by atoms with E-state index in [0.29, 0.717) is 31.7 Å². The van der Waals surface area contributed by atoms with Gasteiger partial charge in [-0.25, -0.2) is 0 Å². The average Bonchev–Trinajstić information content (AvgIpc) is 3.22. The van der Waals surface area contributed by atoms with Crippen molar-refractivity contribution in [1.82, 2.24) is 10.3 Å². The first-order chi connectivity index (χ1) is 13.1. The van der Waals surface area contributed by atoms with Crippen molar-refractivity contribution in [3.05, 3.63) is 70.1 Å². The number of rotatable bonds is 1. The number of nitriles is 1. The molecule has 1 amide bonds. The van der Waals surface area contributed by atoms with Gasteiger partial charge in [-0.2, -0.15) is 5.26 Å². The molecule has 27 heavy (non-hydrogen) atoms. The monoisotopic (exact) mass is 387 g/mol. The molecule has 0 atom stereocenters. The van der Waals surface area contributed by atoms with Crippen LogP contribution in [0.25, 0.3) is 17.0 Å². The summed E-state index contributed by atoms with van der Waals surface area (Å²) in [6, 6.07) is 10.9. The molecule has 1 N–H and O–H groups in total. The lowest BCUT2D eigenvalue weighted by atomic mass is 10.1. The maximum absolute atomic E-state index is 11.8. The molecule has 4 rings (SSSR count). The highest BCUT2D eigenvalue weighted by atomic mass is 32.2. The van der Waals surface area contributed by atoms with Crippen LogP contribution in [0.4, 0.5) is 0 Å². The van der Waals surface area contributed by atoms with Crippen LogP contribution in [0.1, 0.15) is 22.5 Å². The van der Waals surface area contributed by atoms with E-state index in [9.17, 15) is 4.79 Å². The summed E-state index contributed by atoms with van der Waals surface area (Å²) in [4.78, 5) is 16.5. The summed E-state index contributed by atoms with van der Waals surface area (Å²) in [5.74, 6) is 6.39. The fourth-order valence-electron chi connectivity index (χ4n) is 2.46. The Hall–Kier alpha value is -3.39. The highest BCUT2D eigenvalue weighted by Crippen LogP contribution is 2.29. The van der Waals surface area contributed by atoms with Crippen molar-refractivity contribution in [1.29, 1.82) is 5.26 Å². The molecule has 7 heteroatoms. The molecular formula is C20H9N3O2S2. The highest BCUT2D eigenvalue weighted by molar-refractivity contribution is 8.26. The second-order valence-corrected chi connectivity index (χ2v) is 7.26. The van der Waals surface area contributed by atoms with Crippen molar-refractivity contribution in [2.75, 3.05) is 0 Å². The number of aromatic nitrogens is 1. The van der Waals surface area contributed by atoms with Crippen molar-refractivity contribution in [2.45, 2.75) is 0 Å². The SMILES string of the molecule is N#Cc1ccc(C#Cc2cncc3cc(C=C4SC(=S)NC4=O)oc23)cc1. The predicted octanol–water partition coefficient (Wildman–Crippen LogP) is 3.59. The summed E-state index contributed by atoms with van der Waals surface area (Å²) < 4.78 is 6.30. The van der Waals surface area contributed by atoms with Gasteiger partial charge in [0.2, 0.25) is 0 Å². The number of nitrogens with zero attached hydrogens (tertiary/aromatic N) is 2. The number of carbonyl (C=O) groups excluding carboxylic acids is 1. The fourth-order valence-corrected chi connectivity index (χ4v) is 3.48. The molecule has 0 radical (unpaired) electrons. The minimum atomic E-state index is -0.232.